The molecule has 5 heteroatoms. The van der Waals surface area contributed by atoms with Crippen LogP contribution >= 0.6 is 15.9 Å². The van der Waals surface area contributed by atoms with Crippen LogP contribution < -0.4 is 11.1 Å². The number of nitrogen functional groups attached to an aromatic ring is 1. The van der Waals surface area contributed by atoms with E-state index in [4.69, 9.17) is 10.5 Å². The monoisotopic (exact) mass is 302 g/mol. The number of nitrogens with two attached hydrogens (primary N) is 1. The summed E-state index contributed by atoms with van der Waals surface area (Å²) in [6.07, 6.45) is 2.11. The Hall–Kier alpha value is -0.810. The van der Waals surface area contributed by atoms with Gasteiger partial charge in [-0.25, -0.2) is 4.39 Å². The second-order valence-corrected chi connectivity index (χ2v) is 5.46. The van der Waals surface area contributed by atoms with E-state index in [1.165, 1.54) is 6.07 Å². The van der Waals surface area contributed by atoms with Gasteiger partial charge in [-0.3, -0.25) is 0 Å². The van der Waals surface area contributed by atoms with Crippen molar-refractivity contribution in [1.29, 1.82) is 0 Å². The first kappa shape index (κ1) is 12.6. The van der Waals surface area contributed by atoms with Crippen molar-refractivity contribution < 1.29 is 9.13 Å². The van der Waals surface area contributed by atoms with Gasteiger partial charge < -0.3 is 15.8 Å². The molecule has 0 aliphatic carbocycles. The molecule has 94 valence electrons. The second-order valence-electron chi connectivity index (χ2n) is 4.61. The average Bonchev–Trinajstić information content (AvgIpc) is 2.69. The summed E-state index contributed by atoms with van der Waals surface area (Å²) in [6, 6.07) is 2.97. The van der Waals surface area contributed by atoms with Crippen molar-refractivity contribution in [1.82, 2.24) is 0 Å². The van der Waals surface area contributed by atoms with Gasteiger partial charge in [-0.05, 0) is 41.8 Å². The molecule has 3 N–H and O–H groups in total. The normalized spacial score (nSPS) is 23.9. The van der Waals surface area contributed by atoms with Gasteiger partial charge in [-0.1, -0.05) is 0 Å². The van der Waals surface area contributed by atoms with Crippen LogP contribution in [0, 0.1) is 5.82 Å². The van der Waals surface area contributed by atoms with E-state index >= 15 is 0 Å². The largest absolute Gasteiger partial charge is 0.397 e. The highest BCUT2D eigenvalue weighted by molar-refractivity contribution is 9.10. The first-order valence-electron chi connectivity index (χ1n) is 5.62. The van der Waals surface area contributed by atoms with E-state index in [9.17, 15) is 4.39 Å². The molecule has 1 aromatic carbocycles. The van der Waals surface area contributed by atoms with E-state index in [1.807, 2.05) is 0 Å². The van der Waals surface area contributed by atoms with Gasteiger partial charge in [0.15, 0.2) is 0 Å². The number of hydrogen-bond acceptors (Lipinski definition) is 3. The van der Waals surface area contributed by atoms with Crippen molar-refractivity contribution in [3.05, 3.63) is 22.4 Å². The molecule has 1 aliphatic heterocycles. The molecular formula is C12H16BrFN2O. The van der Waals surface area contributed by atoms with E-state index in [-0.39, 0.29) is 11.4 Å². The predicted octanol–water partition coefficient (Wildman–Crippen LogP) is 3.15. The minimum atomic E-state index is -0.351. The molecule has 1 unspecified atom stereocenters. The standard InChI is InChI=1S/C12H16BrFN2O/c1-12(3-2-4-17-12)7-16-11-5-8(13)9(14)6-10(11)15/h5-6,16H,2-4,7,15H2,1H3. The number of hydrogen-bond donors (Lipinski definition) is 2. The molecule has 17 heavy (non-hydrogen) atoms. The van der Waals surface area contributed by atoms with Crippen molar-refractivity contribution in [2.24, 2.45) is 0 Å². The zero-order chi connectivity index (χ0) is 12.5. The highest BCUT2D eigenvalue weighted by atomic mass is 79.9. The quantitative estimate of drug-likeness (QED) is 0.843. The molecule has 1 aliphatic rings. The maximum Gasteiger partial charge on any atom is 0.139 e. The molecule has 1 fully saturated rings. The zero-order valence-corrected chi connectivity index (χ0v) is 11.3. The smallest absolute Gasteiger partial charge is 0.139 e. The van der Waals surface area contributed by atoms with E-state index in [2.05, 4.69) is 28.2 Å². The summed E-state index contributed by atoms with van der Waals surface area (Å²) < 4.78 is 19.3. The van der Waals surface area contributed by atoms with Crippen LogP contribution in [-0.4, -0.2) is 18.8 Å². The SMILES string of the molecule is CC1(CNc2cc(Br)c(F)cc2N)CCCO1. The van der Waals surface area contributed by atoms with Gasteiger partial charge in [0.05, 0.1) is 21.4 Å². The van der Waals surface area contributed by atoms with E-state index in [0.29, 0.717) is 16.7 Å². The minimum Gasteiger partial charge on any atom is -0.397 e. The Balaban J connectivity index is 2.06. The summed E-state index contributed by atoms with van der Waals surface area (Å²) in [6.45, 7) is 3.55. The van der Waals surface area contributed by atoms with Crippen LogP contribution in [0.15, 0.2) is 16.6 Å². The van der Waals surface area contributed by atoms with Crippen LogP contribution in [0.4, 0.5) is 15.8 Å². The predicted molar refractivity (Wildman–Crippen MR) is 70.6 cm³/mol. The fourth-order valence-electron chi connectivity index (χ4n) is 1.97. The van der Waals surface area contributed by atoms with Gasteiger partial charge in [-0.15, -0.1) is 0 Å². The number of rotatable bonds is 3. The summed E-state index contributed by atoms with van der Waals surface area (Å²) >= 11 is 3.15. The Morgan fingerprint density at radius 3 is 3.00 bits per heavy atom. The topological polar surface area (TPSA) is 47.3 Å². The van der Waals surface area contributed by atoms with Crippen molar-refractivity contribution >= 4 is 27.3 Å². The second kappa shape index (κ2) is 4.82. The van der Waals surface area contributed by atoms with Gasteiger partial charge in [0, 0.05) is 19.2 Å². The lowest BCUT2D eigenvalue weighted by molar-refractivity contribution is 0.0315. The molecule has 0 saturated carbocycles. The molecule has 1 heterocycles. The number of ether oxygens (including phenoxy) is 1. The van der Waals surface area contributed by atoms with Crippen molar-refractivity contribution in [3.8, 4) is 0 Å². The summed E-state index contributed by atoms with van der Waals surface area (Å²) in [5, 5.41) is 3.22. The minimum absolute atomic E-state index is 0.146. The van der Waals surface area contributed by atoms with E-state index in [0.717, 1.165) is 25.1 Å². The molecule has 1 saturated heterocycles. The third-order valence-corrected chi connectivity index (χ3v) is 3.65. The van der Waals surface area contributed by atoms with Crippen molar-refractivity contribution in [2.45, 2.75) is 25.4 Å². The van der Waals surface area contributed by atoms with Gasteiger partial charge in [0.2, 0.25) is 0 Å². The molecule has 0 amide bonds. The molecule has 3 nitrogen and oxygen atoms in total. The number of anilines is 2. The average molecular weight is 303 g/mol. The molecule has 1 aromatic rings. The highest BCUT2D eigenvalue weighted by Gasteiger charge is 2.29. The van der Waals surface area contributed by atoms with Crippen molar-refractivity contribution in [3.63, 3.8) is 0 Å². The lowest BCUT2D eigenvalue weighted by atomic mass is 10.0. The summed E-state index contributed by atoms with van der Waals surface area (Å²) in [4.78, 5) is 0. The van der Waals surface area contributed by atoms with Gasteiger partial charge in [0.25, 0.3) is 0 Å². The van der Waals surface area contributed by atoms with Crippen LogP contribution in [0.5, 0.6) is 0 Å². The maximum absolute atomic E-state index is 13.2. The Labute approximate surface area is 109 Å². The Kier molecular flexibility index (Phi) is 3.58. The molecule has 1 atom stereocenters. The Morgan fingerprint density at radius 1 is 1.59 bits per heavy atom. The van der Waals surface area contributed by atoms with Crippen molar-refractivity contribution in [2.75, 3.05) is 24.2 Å². The van der Waals surface area contributed by atoms with Gasteiger partial charge in [-0.2, -0.15) is 0 Å². The fraction of sp³-hybridized carbons (Fsp3) is 0.500. The third-order valence-electron chi connectivity index (χ3n) is 3.05. The van der Waals surface area contributed by atoms with Crippen LogP contribution in [0.25, 0.3) is 0 Å². The number of halogens is 2. The molecule has 0 radical (unpaired) electrons. The first-order valence-corrected chi connectivity index (χ1v) is 6.42. The van der Waals surface area contributed by atoms with Crippen LogP contribution in [0.3, 0.4) is 0 Å². The highest BCUT2D eigenvalue weighted by Crippen LogP contribution is 2.29. The molecular weight excluding hydrogens is 287 g/mol. The zero-order valence-electron chi connectivity index (χ0n) is 9.72. The van der Waals surface area contributed by atoms with E-state index < -0.39 is 0 Å². The summed E-state index contributed by atoms with van der Waals surface area (Å²) in [5.74, 6) is -0.351. The lowest BCUT2D eigenvalue weighted by Gasteiger charge is -2.24. The molecule has 0 spiro atoms. The van der Waals surface area contributed by atoms with Gasteiger partial charge in [0.1, 0.15) is 5.82 Å². The fourth-order valence-corrected chi connectivity index (χ4v) is 2.32. The molecule has 0 aromatic heterocycles. The third kappa shape index (κ3) is 2.90. The summed E-state index contributed by atoms with van der Waals surface area (Å²) in [5.41, 5.74) is 6.75. The first-order chi connectivity index (χ1) is 8.00. The lowest BCUT2D eigenvalue weighted by Crippen LogP contribution is -2.32. The van der Waals surface area contributed by atoms with Gasteiger partial charge >= 0.3 is 0 Å². The molecule has 2 rings (SSSR count). The Morgan fingerprint density at radius 2 is 2.35 bits per heavy atom. The van der Waals surface area contributed by atoms with Crippen LogP contribution in [-0.2, 0) is 4.74 Å². The molecule has 0 bridgehead atoms. The number of nitrogens with one attached hydrogen (secondary N) is 1. The maximum atomic E-state index is 13.2. The van der Waals surface area contributed by atoms with Crippen LogP contribution in [0.1, 0.15) is 19.8 Å². The Bertz CT molecular complexity index is 419. The van der Waals surface area contributed by atoms with E-state index in [1.54, 1.807) is 6.07 Å². The van der Waals surface area contributed by atoms with Crippen LogP contribution in [0.2, 0.25) is 0 Å². The summed E-state index contributed by atoms with van der Waals surface area (Å²) in [7, 11) is 0. The number of benzene rings is 1.